The van der Waals surface area contributed by atoms with Gasteiger partial charge in [0.1, 0.15) is 0 Å². The van der Waals surface area contributed by atoms with Crippen LogP contribution in [-0.2, 0) is 4.79 Å². The number of anilines is 1. The molecule has 104 valence electrons. The van der Waals surface area contributed by atoms with E-state index in [0.29, 0.717) is 12.1 Å². The first-order valence-electron chi connectivity index (χ1n) is 5.93. The lowest BCUT2D eigenvalue weighted by Gasteiger charge is -2.15. The predicted molar refractivity (Wildman–Crippen MR) is 76.8 cm³/mol. The maximum atomic E-state index is 13.5. The Morgan fingerprint density at radius 3 is 2.74 bits per heavy atom. The number of carbonyl (C=O) groups is 1. The summed E-state index contributed by atoms with van der Waals surface area (Å²) in [5, 5.41) is 2.60. The normalized spacial score (nSPS) is 11.7. The smallest absolute Gasteiger partial charge is 0.234 e. The fourth-order valence-electron chi connectivity index (χ4n) is 1.66. The van der Waals surface area contributed by atoms with Gasteiger partial charge < -0.3 is 15.8 Å². The molecule has 3 N–H and O–H groups in total. The van der Waals surface area contributed by atoms with Crippen molar-refractivity contribution in [2.45, 2.75) is 19.8 Å². The molecule has 4 nitrogen and oxygen atoms in total. The van der Waals surface area contributed by atoms with Crippen molar-refractivity contribution in [3.63, 3.8) is 0 Å². The third kappa shape index (κ3) is 4.17. The number of nitrogens with one attached hydrogen (secondary N) is 1. The minimum Gasteiger partial charge on any atom is -0.494 e. The molecule has 0 aliphatic heterocycles. The summed E-state index contributed by atoms with van der Waals surface area (Å²) >= 11 is 4.86. The highest BCUT2D eigenvalue weighted by molar-refractivity contribution is 7.80. The summed E-state index contributed by atoms with van der Waals surface area (Å²) in [6, 6.07) is 4.20. The Kier molecular flexibility index (Phi) is 5.69. The number of nitrogens with two attached hydrogens (primary N) is 1. The van der Waals surface area contributed by atoms with Crippen LogP contribution in [-0.4, -0.2) is 18.0 Å². The molecule has 1 amide bonds. The Balaban J connectivity index is 2.80. The van der Waals surface area contributed by atoms with E-state index < -0.39 is 11.7 Å². The average Bonchev–Trinajstić information content (AvgIpc) is 2.35. The molecule has 1 atom stereocenters. The highest BCUT2D eigenvalue weighted by Crippen LogP contribution is 2.21. The molecule has 0 aliphatic carbocycles. The number of carbonyl (C=O) groups excluding carboxylic acids is 1. The average molecular weight is 284 g/mol. The predicted octanol–water partition coefficient (Wildman–Crippen LogP) is 2.48. The molecular formula is C13H17FN2O2S. The molecule has 1 aromatic carbocycles. The van der Waals surface area contributed by atoms with E-state index in [1.165, 1.54) is 19.2 Å². The number of halogens is 1. The number of methoxy groups -OCH3 is 1. The van der Waals surface area contributed by atoms with Crippen molar-refractivity contribution >= 4 is 28.8 Å². The lowest BCUT2D eigenvalue weighted by Crippen LogP contribution is -2.33. The molecule has 0 aromatic heterocycles. The molecule has 0 saturated carbocycles. The molecule has 0 saturated heterocycles. The summed E-state index contributed by atoms with van der Waals surface area (Å²) in [6.07, 6.45) is 1.35. The zero-order valence-corrected chi connectivity index (χ0v) is 11.7. The Morgan fingerprint density at radius 2 is 2.26 bits per heavy atom. The van der Waals surface area contributed by atoms with Gasteiger partial charge in [-0.3, -0.25) is 4.79 Å². The van der Waals surface area contributed by atoms with Crippen molar-refractivity contribution in [2.24, 2.45) is 11.7 Å². The first-order valence-corrected chi connectivity index (χ1v) is 6.34. The van der Waals surface area contributed by atoms with Crippen LogP contribution < -0.4 is 15.8 Å². The summed E-state index contributed by atoms with van der Waals surface area (Å²) in [5.41, 5.74) is 5.88. The highest BCUT2D eigenvalue weighted by atomic mass is 32.1. The van der Waals surface area contributed by atoms with Crippen LogP contribution in [0.5, 0.6) is 5.75 Å². The summed E-state index contributed by atoms with van der Waals surface area (Å²) < 4.78 is 18.3. The fraction of sp³-hybridized carbons (Fsp3) is 0.385. The second kappa shape index (κ2) is 7.04. The van der Waals surface area contributed by atoms with E-state index in [1.54, 1.807) is 6.07 Å². The Bertz CT molecular complexity index is 480. The topological polar surface area (TPSA) is 64.3 Å². The first kappa shape index (κ1) is 15.4. The van der Waals surface area contributed by atoms with Gasteiger partial charge in [-0.15, -0.1) is 0 Å². The third-order valence-corrected chi connectivity index (χ3v) is 2.94. The van der Waals surface area contributed by atoms with Crippen LogP contribution in [0.2, 0.25) is 0 Å². The molecule has 0 bridgehead atoms. The molecular weight excluding hydrogens is 267 g/mol. The van der Waals surface area contributed by atoms with E-state index in [2.05, 4.69) is 5.32 Å². The lowest BCUT2D eigenvalue weighted by atomic mass is 10.0. The van der Waals surface area contributed by atoms with Crippen molar-refractivity contribution in [3.05, 3.63) is 24.0 Å². The van der Waals surface area contributed by atoms with Gasteiger partial charge in [0.05, 0.1) is 18.0 Å². The van der Waals surface area contributed by atoms with E-state index in [4.69, 9.17) is 22.7 Å². The molecule has 0 aliphatic rings. The van der Waals surface area contributed by atoms with Crippen molar-refractivity contribution in [1.29, 1.82) is 0 Å². The number of rotatable bonds is 6. The summed E-state index contributed by atoms with van der Waals surface area (Å²) in [4.78, 5) is 12.1. The zero-order valence-electron chi connectivity index (χ0n) is 10.9. The largest absolute Gasteiger partial charge is 0.494 e. The van der Waals surface area contributed by atoms with Gasteiger partial charge in [-0.05, 0) is 18.6 Å². The van der Waals surface area contributed by atoms with Gasteiger partial charge in [0.15, 0.2) is 11.6 Å². The second-order valence-electron chi connectivity index (χ2n) is 4.08. The number of benzene rings is 1. The number of hydrogen-bond acceptors (Lipinski definition) is 3. The van der Waals surface area contributed by atoms with E-state index >= 15 is 0 Å². The number of amides is 1. The van der Waals surface area contributed by atoms with Crippen LogP contribution in [0.4, 0.5) is 10.1 Å². The standard InChI is InChI=1S/C13H17FN2O2S/c1-3-4-9(12(15)19)13(17)16-8-5-6-11(18-2)10(14)7-8/h5-7,9H,3-4H2,1-2H3,(H2,15,19)(H,16,17). The van der Waals surface area contributed by atoms with Crippen LogP contribution in [0.25, 0.3) is 0 Å². The van der Waals surface area contributed by atoms with Crippen LogP contribution >= 0.6 is 12.2 Å². The molecule has 6 heteroatoms. The minimum atomic E-state index is -0.539. The molecule has 0 fully saturated rings. The van der Waals surface area contributed by atoms with Crippen molar-refractivity contribution in [1.82, 2.24) is 0 Å². The van der Waals surface area contributed by atoms with E-state index in [0.717, 1.165) is 6.42 Å². The molecule has 0 spiro atoms. The second-order valence-corrected chi connectivity index (χ2v) is 4.55. The first-order chi connectivity index (χ1) is 8.99. The third-order valence-electron chi connectivity index (χ3n) is 2.66. The van der Waals surface area contributed by atoms with Gasteiger partial charge >= 0.3 is 0 Å². The number of ether oxygens (including phenoxy) is 1. The SMILES string of the molecule is CCCC(C(=O)Nc1ccc(OC)c(F)c1)C(N)=S. The molecule has 1 rings (SSSR count). The number of thiocarbonyl (C=S) groups is 1. The Labute approximate surface area is 117 Å². The van der Waals surface area contributed by atoms with Gasteiger partial charge in [0.2, 0.25) is 5.91 Å². The maximum absolute atomic E-state index is 13.5. The molecule has 0 radical (unpaired) electrons. The Morgan fingerprint density at radius 1 is 1.58 bits per heavy atom. The summed E-state index contributed by atoms with van der Waals surface area (Å²) in [5.74, 6) is -1.27. The maximum Gasteiger partial charge on any atom is 0.234 e. The van der Waals surface area contributed by atoms with Crippen molar-refractivity contribution < 1.29 is 13.9 Å². The van der Waals surface area contributed by atoms with Gasteiger partial charge in [0.25, 0.3) is 0 Å². The fourth-order valence-corrected chi connectivity index (χ4v) is 1.89. The van der Waals surface area contributed by atoms with Crippen LogP contribution in [0.3, 0.4) is 0 Å². The minimum absolute atomic E-state index is 0.123. The van der Waals surface area contributed by atoms with E-state index in [-0.39, 0.29) is 16.6 Å². The Hall–Kier alpha value is -1.69. The van der Waals surface area contributed by atoms with E-state index in [9.17, 15) is 9.18 Å². The molecule has 1 aromatic rings. The summed E-state index contributed by atoms with van der Waals surface area (Å²) in [7, 11) is 1.38. The van der Waals surface area contributed by atoms with Crippen LogP contribution in [0.15, 0.2) is 18.2 Å². The zero-order chi connectivity index (χ0) is 14.4. The van der Waals surface area contributed by atoms with Crippen LogP contribution in [0.1, 0.15) is 19.8 Å². The highest BCUT2D eigenvalue weighted by Gasteiger charge is 2.20. The van der Waals surface area contributed by atoms with Gasteiger partial charge in [-0.25, -0.2) is 4.39 Å². The van der Waals surface area contributed by atoms with E-state index in [1.807, 2.05) is 6.92 Å². The van der Waals surface area contributed by atoms with Gasteiger partial charge in [-0.1, -0.05) is 25.6 Å². The van der Waals surface area contributed by atoms with Gasteiger partial charge in [0, 0.05) is 11.8 Å². The van der Waals surface area contributed by atoms with Gasteiger partial charge in [-0.2, -0.15) is 0 Å². The van der Waals surface area contributed by atoms with Crippen molar-refractivity contribution in [3.8, 4) is 5.75 Å². The molecule has 1 unspecified atom stereocenters. The quantitative estimate of drug-likeness (QED) is 0.788. The molecule has 19 heavy (non-hydrogen) atoms. The lowest BCUT2D eigenvalue weighted by molar-refractivity contribution is -0.118. The number of hydrogen-bond donors (Lipinski definition) is 2. The molecule has 0 heterocycles. The van der Waals surface area contributed by atoms with Crippen LogP contribution in [0, 0.1) is 11.7 Å². The monoisotopic (exact) mass is 284 g/mol. The van der Waals surface area contributed by atoms with Crippen molar-refractivity contribution in [2.75, 3.05) is 12.4 Å². The summed E-state index contributed by atoms with van der Waals surface area (Å²) in [6.45, 7) is 1.94.